The summed E-state index contributed by atoms with van der Waals surface area (Å²) >= 11 is 1.98. The second kappa shape index (κ2) is 9.06. The first-order chi connectivity index (χ1) is 10.7. The fourth-order valence-corrected chi connectivity index (χ4v) is 3.65. The minimum Gasteiger partial charge on any atom is -0.380 e. The van der Waals surface area contributed by atoms with Gasteiger partial charge in [0.05, 0.1) is 6.61 Å². The summed E-state index contributed by atoms with van der Waals surface area (Å²) in [6.07, 6.45) is 5.96. The fourth-order valence-electron chi connectivity index (χ4n) is 2.86. The highest BCUT2D eigenvalue weighted by atomic mass is 32.2. The Morgan fingerprint density at radius 2 is 2.18 bits per heavy atom. The van der Waals surface area contributed by atoms with E-state index in [4.69, 9.17) is 4.74 Å². The Kier molecular flexibility index (Phi) is 7.06. The molecule has 2 unspecified atom stereocenters. The van der Waals surface area contributed by atoms with Crippen LogP contribution >= 0.6 is 11.8 Å². The number of benzene rings is 1. The highest BCUT2D eigenvalue weighted by Gasteiger charge is 2.24. The van der Waals surface area contributed by atoms with E-state index in [9.17, 15) is 0 Å². The number of aliphatic imine (C=N–C) groups is 1. The van der Waals surface area contributed by atoms with Crippen LogP contribution in [-0.4, -0.2) is 37.7 Å². The maximum atomic E-state index is 5.18. The molecule has 1 aromatic rings. The van der Waals surface area contributed by atoms with Crippen molar-refractivity contribution in [1.29, 1.82) is 0 Å². The van der Waals surface area contributed by atoms with Crippen LogP contribution < -0.4 is 10.6 Å². The van der Waals surface area contributed by atoms with Crippen molar-refractivity contribution >= 4 is 17.7 Å². The summed E-state index contributed by atoms with van der Waals surface area (Å²) in [4.78, 5) is 4.34. The SMILES string of the molecule is CN=C(NCc1cccc(COC)c1)NC1CCC(SC)C1. The number of nitrogens with one attached hydrogen (secondary N) is 2. The van der Waals surface area contributed by atoms with Gasteiger partial charge >= 0.3 is 0 Å². The number of rotatable bonds is 6. The Hall–Kier alpha value is -1.20. The molecule has 0 amide bonds. The molecule has 1 aromatic carbocycles. The fraction of sp³-hybridized carbons (Fsp3) is 0.588. The molecule has 22 heavy (non-hydrogen) atoms. The van der Waals surface area contributed by atoms with Gasteiger partial charge < -0.3 is 15.4 Å². The van der Waals surface area contributed by atoms with Gasteiger partial charge in [-0.1, -0.05) is 24.3 Å². The summed E-state index contributed by atoms with van der Waals surface area (Å²) in [5.41, 5.74) is 2.44. The highest BCUT2D eigenvalue weighted by molar-refractivity contribution is 7.99. The summed E-state index contributed by atoms with van der Waals surface area (Å²) in [7, 11) is 3.55. The molecule has 4 nitrogen and oxygen atoms in total. The third kappa shape index (κ3) is 5.21. The van der Waals surface area contributed by atoms with Gasteiger partial charge in [0, 0.05) is 32.0 Å². The molecule has 1 aliphatic rings. The minimum absolute atomic E-state index is 0.545. The molecular formula is C17H27N3OS. The van der Waals surface area contributed by atoms with Gasteiger partial charge in [-0.3, -0.25) is 4.99 Å². The third-order valence-corrected chi connectivity index (χ3v) is 5.14. The Morgan fingerprint density at radius 3 is 2.86 bits per heavy atom. The van der Waals surface area contributed by atoms with Crippen LogP contribution in [0, 0.1) is 0 Å². The second-order valence-electron chi connectivity index (χ2n) is 5.69. The van der Waals surface area contributed by atoms with Crippen molar-refractivity contribution in [2.24, 2.45) is 4.99 Å². The Morgan fingerprint density at radius 1 is 1.36 bits per heavy atom. The van der Waals surface area contributed by atoms with E-state index >= 15 is 0 Å². The highest BCUT2D eigenvalue weighted by Crippen LogP contribution is 2.27. The number of thioether (sulfide) groups is 1. The van der Waals surface area contributed by atoms with Crippen molar-refractivity contribution < 1.29 is 4.74 Å². The van der Waals surface area contributed by atoms with Gasteiger partial charge in [0.15, 0.2) is 5.96 Å². The summed E-state index contributed by atoms with van der Waals surface area (Å²) in [6, 6.07) is 8.99. The summed E-state index contributed by atoms with van der Waals surface area (Å²) in [5.74, 6) is 0.892. The van der Waals surface area contributed by atoms with Gasteiger partial charge in [0.25, 0.3) is 0 Å². The molecule has 0 radical (unpaired) electrons. The van der Waals surface area contributed by atoms with E-state index in [-0.39, 0.29) is 0 Å². The molecule has 0 saturated heterocycles. The van der Waals surface area contributed by atoms with E-state index in [2.05, 4.69) is 46.1 Å². The maximum Gasteiger partial charge on any atom is 0.191 e. The third-order valence-electron chi connectivity index (χ3n) is 4.04. The first-order valence-corrected chi connectivity index (χ1v) is 9.10. The molecule has 2 rings (SSSR count). The standard InChI is InChI=1S/C17H27N3OS/c1-18-17(20-15-7-8-16(10-15)22-3)19-11-13-5-4-6-14(9-13)12-21-2/h4-6,9,15-16H,7-8,10-12H2,1-3H3,(H2,18,19,20). The van der Waals surface area contributed by atoms with Crippen molar-refractivity contribution in [1.82, 2.24) is 10.6 Å². The van der Waals surface area contributed by atoms with E-state index < -0.39 is 0 Å². The Bertz CT molecular complexity index is 493. The molecule has 0 heterocycles. The summed E-state index contributed by atoms with van der Waals surface area (Å²) < 4.78 is 5.18. The van der Waals surface area contributed by atoms with E-state index in [1.165, 1.54) is 30.4 Å². The van der Waals surface area contributed by atoms with E-state index in [1.54, 1.807) is 7.11 Å². The van der Waals surface area contributed by atoms with Crippen LogP contribution in [0.1, 0.15) is 30.4 Å². The Balaban J connectivity index is 1.82. The second-order valence-corrected chi connectivity index (χ2v) is 6.83. The van der Waals surface area contributed by atoms with Gasteiger partial charge in [0.1, 0.15) is 0 Å². The molecule has 122 valence electrons. The summed E-state index contributed by atoms with van der Waals surface area (Å²) in [5, 5.41) is 7.74. The van der Waals surface area contributed by atoms with Gasteiger partial charge in [-0.2, -0.15) is 11.8 Å². The zero-order chi connectivity index (χ0) is 15.8. The van der Waals surface area contributed by atoms with Gasteiger partial charge in [-0.15, -0.1) is 0 Å². The normalized spacial score (nSPS) is 21.9. The number of guanidine groups is 1. The molecule has 1 saturated carbocycles. The van der Waals surface area contributed by atoms with Crippen molar-refractivity contribution in [3.63, 3.8) is 0 Å². The number of ether oxygens (including phenoxy) is 1. The lowest BCUT2D eigenvalue weighted by Crippen LogP contribution is -2.42. The number of hydrogen-bond acceptors (Lipinski definition) is 3. The molecule has 0 aliphatic heterocycles. The zero-order valence-corrected chi connectivity index (χ0v) is 14.6. The lowest BCUT2D eigenvalue weighted by molar-refractivity contribution is 0.185. The number of nitrogens with zero attached hydrogens (tertiary/aromatic N) is 1. The summed E-state index contributed by atoms with van der Waals surface area (Å²) in [6.45, 7) is 1.43. The van der Waals surface area contributed by atoms with Crippen LogP contribution in [0.15, 0.2) is 29.3 Å². The van der Waals surface area contributed by atoms with Crippen LogP contribution in [-0.2, 0) is 17.9 Å². The van der Waals surface area contributed by atoms with E-state index in [1.807, 2.05) is 18.8 Å². The van der Waals surface area contributed by atoms with Crippen molar-refractivity contribution in [3.8, 4) is 0 Å². The first kappa shape index (κ1) is 17.2. The van der Waals surface area contributed by atoms with E-state index in [0.29, 0.717) is 12.6 Å². The molecule has 1 aliphatic carbocycles. The van der Waals surface area contributed by atoms with Crippen LogP contribution in [0.2, 0.25) is 0 Å². The molecule has 5 heteroatoms. The monoisotopic (exact) mass is 321 g/mol. The molecule has 2 N–H and O–H groups in total. The predicted molar refractivity (Wildman–Crippen MR) is 95.4 cm³/mol. The molecule has 0 aromatic heterocycles. The molecule has 1 fully saturated rings. The lowest BCUT2D eigenvalue weighted by atomic mass is 10.1. The van der Waals surface area contributed by atoms with Crippen molar-refractivity contribution in [3.05, 3.63) is 35.4 Å². The van der Waals surface area contributed by atoms with Crippen LogP contribution in [0.25, 0.3) is 0 Å². The van der Waals surface area contributed by atoms with Crippen molar-refractivity contribution in [2.45, 2.75) is 43.7 Å². The minimum atomic E-state index is 0.545. The van der Waals surface area contributed by atoms with Crippen molar-refractivity contribution in [2.75, 3.05) is 20.4 Å². The molecule has 0 spiro atoms. The average molecular weight is 321 g/mol. The zero-order valence-electron chi connectivity index (χ0n) is 13.8. The first-order valence-electron chi connectivity index (χ1n) is 7.82. The smallest absolute Gasteiger partial charge is 0.191 e. The topological polar surface area (TPSA) is 45.7 Å². The van der Waals surface area contributed by atoms with Crippen LogP contribution in [0.4, 0.5) is 0 Å². The Labute approximate surface area is 138 Å². The van der Waals surface area contributed by atoms with Gasteiger partial charge in [0.2, 0.25) is 0 Å². The van der Waals surface area contributed by atoms with E-state index in [0.717, 1.165) is 17.8 Å². The predicted octanol–water partition coefficient (Wildman–Crippen LogP) is 2.78. The largest absolute Gasteiger partial charge is 0.380 e. The van der Waals surface area contributed by atoms with Crippen LogP contribution in [0.5, 0.6) is 0 Å². The van der Waals surface area contributed by atoms with Crippen LogP contribution in [0.3, 0.4) is 0 Å². The van der Waals surface area contributed by atoms with Gasteiger partial charge in [-0.25, -0.2) is 0 Å². The molecule has 0 bridgehead atoms. The van der Waals surface area contributed by atoms with Gasteiger partial charge in [-0.05, 0) is 36.6 Å². The average Bonchev–Trinajstić information content (AvgIpc) is 3.00. The number of methoxy groups -OCH3 is 1. The molecular weight excluding hydrogens is 294 g/mol. The quantitative estimate of drug-likeness (QED) is 0.625. The number of hydrogen-bond donors (Lipinski definition) is 2. The molecule has 2 atom stereocenters. The maximum absolute atomic E-state index is 5.18. The lowest BCUT2D eigenvalue weighted by Gasteiger charge is -2.17.